The molecule has 2 fully saturated rings. The average Bonchev–Trinajstić information content (AvgIpc) is 2.80. The van der Waals surface area contributed by atoms with Crippen LogP contribution in [0.25, 0.3) is 11.1 Å². The molecule has 0 atom stereocenters. The van der Waals surface area contributed by atoms with Crippen molar-refractivity contribution in [3.8, 4) is 11.1 Å². The van der Waals surface area contributed by atoms with E-state index in [-0.39, 0.29) is 5.41 Å². The number of benzene rings is 2. The van der Waals surface area contributed by atoms with Crippen LogP contribution in [0.3, 0.4) is 0 Å². The van der Waals surface area contributed by atoms with Crippen LogP contribution < -0.4 is 0 Å². The zero-order chi connectivity index (χ0) is 28.1. The predicted molar refractivity (Wildman–Crippen MR) is 131 cm³/mol. The third-order valence-corrected chi connectivity index (χ3v) is 9.00. The van der Waals surface area contributed by atoms with Crippen molar-refractivity contribution < 1.29 is 39.9 Å². The number of alkyl halides is 6. The van der Waals surface area contributed by atoms with Crippen LogP contribution in [-0.2, 0) is 28.6 Å². The number of hydrogen-bond donors (Lipinski definition) is 1. The molecule has 0 amide bonds. The van der Waals surface area contributed by atoms with Gasteiger partial charge in [0.2, 0.25) is 10.0 Å². The van der Waals surface area contributed by atoms with Crippen molar-refractivity contribution in [1.82, 2.24) is 9.21 Å². The van der Waals surface area contributed by atoms with Crippen LogP contribution >= 0.6 is 0 Å². The summed E-state index contributed by atoms with van der Waals surface area (Å²) in [7, 11) is -3.15. The van der Waals surface area contributed by atoms with Gasteiger partial charge in [-0.25, -0.2) is 12.7 Å². The van der Waals surface area contributed by atoms with Crippen molar-refractivity contribution in [2.24, 2.45) is 5.41 Å². The van der Waals surface area contributed by atoms with Crippen molar-refractivity contribution in [3.05, 3.63) is 59.2 Å². The number of rotatable bonds is 6. The van der Waals surface area contributed by atoms with Crippen LogP contribution in [0, 0.1) is 5.41 Å². The minimum absolute atomic E-state index is 0.0502. The van der Waals surface area contributed by atoms with Crippen molar-refractivity contribution in [3.63, 3.8) is 0 Å². The minimum atomic E-state index is -5.93. The van der Waals surface area contributed by atoms with Crippen LogP contribution in [-0.4, -0.2) is 67.5 Å². The molecule has 12 heteroatoms. The number of hydrogen-bond acceptors (Lipinski definition) is 4. The van der Waals surface area contributed by atoms with E-state index in [1.165, 1.54) is 10.6 Å². The van der Waals surface area contributed by atoms with Gasteiger partial charge in [-0.05, 0) is 54.6 Å². The summed E-state index contributed by atoms with van der Waals surface area (Å²) in [6.07, 6.45) is -8.21. The Morgan fingerprint density at radius 1 is 0.921 bits per heavy atom. The van der Waals surface area contributed by atoms with E-state index >= 15 is 0 Å². The fourth-order valence-corrected chi connectivity index (χ4v) is 6.41. The zero-order valence-corrected chi connectivity index (χ0v) is 21.8. The van der Waals surface area contributed by atoms with Crippen molar-refractivity contribution in [2.75, 3.05) is 32.4 Å². The molecule has 0 aromatic heterocycles. The summed E-state index contributed by atoms with van der Waals surface area (Å²) in [5.41, 5.74) is -3.12. The smallest absolute Gasteiger partial charge is 0.369 e. The molecule has 0 radical (unpaired) electrons. The molecule has 0 saturated carbocycles. The van der Waals surface area contributed by atoms with E-state index < -0.39 is 33.5 Å². The Labute approximate surface area is 218 Å². The molecule has 1 spiro atoms. The molecule has 2 heterocycles. The number of aliphatic hydroxyl groups is 1. The van der Waals surface area contributed by atoms with Gasteiger partial charge in [-0.15, -0.1) is 0 Å². The molecule has 210 valence electrons. The van der Waals surface area contributed by atoms with Gasteiger partial charge in [0.15, 0.2) is 0 Å². The van der Waals surface area contributed by atoms with E-state index in [2.05, 4.69) is 4.90 Å². The van der Waals surface area contributed by atoms with Gasteiger partial charge in [-0.1, -0.05) is 49.4 Å². The highest BCUT2D eigenvalue weighted by atomic mass is 32.2. The van der Waals surface area contributed by atoms with Crippen molar-refractivity contribution in [1.29, 1.82) is 0 Å². The summed E-state index contributed by atoms with van der Waals surface area (Å²) in [6.45, 7) is 5.40. The van der Waals surface area contributed by atoms with Gasteiger partial charge in [0.25, 0.3) is 5.60 Å². The Balaban J connectivity index is 1.46. The van der Waals surface area contributed by atoms with E-state index in [1.54, 1.807) is 0 Å². The lowest BCUT2D eigenvalue weighted by molar-refractivity contribution is -0.376. The molecule has 0 unspecified atom stereocenters. The van der Waals surface area contributed by atoms with Gasteiger partial charge < -0.3 is 5.11 Å². The second-order valence-corrected chi connectivity index (χ2v) is 12.4. The first kappa shape index (κ1) is 28.8. The minimum Gasteiger partial charge on any atom is -0.369 e. The number of sulfonamides is 1. The Hall–Kier alpha value is -2.15. The number of piperidine rings is 1. The van der Waals surface area contributed by atoms with E-state index in [9.17, 15) is 39.9 Å². The topological polar surface area (TPSA) is 60.9 Å². The standard InChI is InChI=1S/C26H30F6N2O3S/c1-3-19-14-18(15-33-12-10-23(11-13-33)16-34(17-23)38(2,36)37)4-9-22(19)20-5-7-21(8-6-20)24(35,25(27,28)29)26(30,31)32/h4-9,14,35H,3,10-13,15-17H2,1-2H3. The summed E-state index contributed by atoms with van der Waals surface area (Å²) in [5.74, 6) is 0. The second-order valence-electron chi connectivity index (χ2n) is 10.4. The highest BCUT2D eigenvalue weighted by Crippen LogP contribution is 2.50. The predicted octanol–water partition coefficient (Wildman–Crippen LogP) is 5.09. The summed E-state index contributed by atoms with van der Waals surface area (Å²) >= 11 is 0. The van der Waals surface area contributed by atoms with Crippen molar-refractivity contribution >= 4 is 10.0 Å². The van der Waals surface area contributed by atoms with Crippen molar-refractivity contribution in [2.45, 2.75) is 50.7 Å². The highest BCUT2D eigenvalue weighted by molar-refractivity contribution is 7.88. The maximum Gasteiger partial charge on any atom is 0.430 e. The maximum absolute atomic E-state index is 13.2. The molecule has 2 saturated heterocycles. The van der Waals surface area contributed by atoms with E-state index in [4.69, 9.17) is 0 Å². The van der Waals surface area contributed by atoms with Crippen LogP contribution in [0.4, 0.5) is 26.3 Å². The van der Waals surface area contributed by atoms with E-state index in [1.807, 2.05) is 25.1 Å². The fraction of sp³-hybridized carbons (Fsp3) is 0.538. The van der Waals surface area contributed by atoms with Crippen LogP contribution in [0.5, 0.6) is 0 Å². The number of halogens is 6. The first-order chi connectivity index (χ1) is 17.5. The first-order valence-electron chi connectivity index (χ1n) is 12.3. The highest BCUT2D eigenvalue weighted by Gasteiger charge is 2.71. The molecule has 4 rings (SSSR count). The third kappa shape index (κ3) is 5.32. The van der Waals surface area contributed by atoms with Crippen LogP contribution in [0.15, 0.2) is 42.5 Å². The van der Waals surface area contributed by atoms with Crippen LogP contribution in [0.1, 0.15) is 36.5 Å². The molecular formula is C26H30F6N2O3S. The third-order valence-electron chi connectivity index (χ3n) is 7.80. The Morgan fingerprint density at radius 2 is 1.47 bits per heavy atom. The molecule has 1 N–H and O–H groups in total. The molecule has 5 nitrogen and oxygen atoms in total. The van der Waals surface area contributed by atoms with E-state index in [0.717, 1.165) is 49.2 Å². The average molecular weight is 565 g/mol. The molecular weight excluding hydrogens is 534 g/mol. The molecule has 2 aromatic rings. The fourth-order valence-electron chi connectivity index (χ4n) is 5.39. The summed E-state index contributed by atoms with van der Waals surface area (Å²) in [5, 5.41) is 9.63. The largest absolute Gasteiger partial charge is 0.430 e. The van der Waals surface area contributed by atoms with Gasteiger partial charge in [-0.2, -0.15) is 26.3 Å². The molecule has 0 aliphatic carbocycles. The van der Waals surface area contributed by atoms with Gasteiger partial charge in [-0.3, -0.25) is 4.90 Å². The summed E-state index contributed by atoms with van der Waals surface area (Å²) in [6, 6.07) is 9.34. The Bertz CT molecular complexity index is 1250. The van der Waals surface area contributed by atoms with Gasteiger partial charge >= 0.3 is 12.4 Å². The summed E-state index contributed by atoms with van der Waals surface area (Å²) < 4.78 is 104. The molecule has 0 bridgehead atoms. The normalized spacial score (nSPS) is 19.5. The number of likely N-dealkylation sites (tertiary alicyclic amines) is 1. The summed E-state index contributed by atoms with van der Waals surface area (Å²) in [4.78, 5) is 2.30. The lowest BCUT2D eigenvalue weighted by atomic mass is 9.73. The maximum atomic E-state index is 13.2. The molecule has 38 heavy (non-hydrogen) atoms. The second kappa shape index (κ2) is 9.79. The molecule has 2 aromatic carbocycles. The molecule has 2 aliphatic heterocycles. The lowest BCUT2D eigenvalue weighted by Gasteiger charge is -2.52. The van der Waals surface area contributed by atoms with Gasteiger partial charge in [0.1, 0.15) is 0 Å². The van der Waals surface area contributed by atoms with E-state index in [0.29, 0.717) is 49.3 Å². The Morgan fingerprint density at radius 3 is 1.95 bits per heavy atom. The number of nitrogens with zero attached hydrogens (tertiary/aromatic N) is 2. The molecule has 2 aliphatic rings. The first-order valence-corrected chi connectivity index (χ1v) is 14.1. The lowest BCUT2D eigenvalue weighted by Crippen LogP contribution is -2.61. The van der Waals surface area contributed by atoms with Gasteiger partial charge in [0.05, 0.1) is 6.26 Å². The quantitative estimate of drug-likeness (QED) is 0.497. The SMILES string of the molecule is CCc1cc(CN2CCC3(CC2)CN(S(C)(=O)=O)C3)ccc1-c1ccc(C(O)(C(F)(F)F)C(F)(F)F)cc1. The van der Waals surface area contributed by atoms with Gasteiger partial charge in [0, 0.05) is 30.6 Å². The zero-order valence-electron chi connectivity index (χ0n) is 21.0. The van der Waals surface area contributed by atoms with Crippen LogP contribution in [0.2, 0.25) is 0 Å². The number of aryl methyl sites for hydroxylation is 1. The Kier molecular flexibility index (Phi) is 7.44. The monoisotopic (exact) mass is 564 g/mol.